The first-order valence-electron chi connectivity index (χ1n) is 10.8. The van der Waals surface area contributed by atoms with Crippen molar-refractivity contribution >= 4 is 42.9 Å². The molecule has 2 heteroatoms. The van der Waals surface area contributed by atoms with Crippen molar-refractivity contribution in [1.29, 1.82) is 0 Å². The third kappa shape index (κ3) is 3.45. The highest BCUT2D eigenvalue weighted by Crippen LogP contribution is 2.37. The molecule has 32 heavy (non-hydrogen) atoms. The molecular formula is C30H21NS. The van der Waals surface area contributed by atoms with Gasteiger partial charge in [0.15, 0.2) is 0 Å². The minimum atomic E-state index is 1.09. The van der Waals surface area contributed by atoms with Gasteiger partial charge in [-0.25, -0.2) is 0 Å². The van der Waals surface area contributed by atoms with Gasteiger partial charge in [-0.2, -0.15) is 0 Å². The van der Waals surface area contributed by atoms with Gasteiger partial charge in [-0.1, -0.05) is 91.0 Å². The Hall–Kier alpha value is -3.88. The van der Waals surface area contributed by atoms with Crippen LogP contribution in [0.25, 0.3) is 42.4 Å². The van der Waals surface area contributed by atoms with Gasteiger partial charge in [0.05, 0.1) is 0 Å². The molecule has 152 valence electrons. The topological polar surface area (TPSA) is 12.0 Å². The van der Waals surface area contributed by atoms with E-state index in [1.54, 1.807) is 0 Å². The van der Waals surface area contributed by atoms with Gasteiger partial charge in [-0.15, -0.1) is 11.3 Å². The van der Waals surface area contributed by atoms with Crippen LogP contribution in [0.3, 0.4) is 0 Å². The van der Waals surface area contributed by atoms with Crippen molar-refractivity contribution in [2.45, 2.75) is 0 Å². The maximum atomic E-state index is 3.64. The van der Waals surface area contributed by atoms with Crippen LogP contribution in [-0.4, -0.2) is 0 Å². The number of hydrogen-bond donors (Lipinski definition) is 1. The fourth-order valence-electron chi connectivity index (χ4n) is 4.32. The Labute approximate surface area is 191 Å². The van der Waals surface area contributed by atoms with Crippen LogP contribution in [0.1, 0.15) is 0 Å². The molecule has 0 atom stereocenters. The second-order valence-electron chi connectivity index (χ2n) is 7.93. The zero-order valence-electron chi connectivity index (χ0n) is 17.5. The minimum absolute atomic E-state index is 1.09. The van der Waals surface area contributed by atoms with Gasteiger partial charge in [-0.05, 0) is 52.6 Å². The van der Waals surface area contributed by atoms with Gasteiger partial charge in [-0.3, -0.25) is 0 Å². The summed E-state index contributed by atoms with van der Waals surface area (Å²) in [5.74, 6) is 0. The highest BCUT2D eigenvalue weighted by atomic mass is 32.1. The van der Waals surface area contributed by atoms with Crippen molar-refractivity contribution in [2.75, 3.05) is 5.32 Å². The lowest BCUT2D eigenvalue weighted by atomic mass is 9.94. The largest absolute Gasteiger partial charge is 0.355 e. The fraction of sp³-hybridized carbons (Fsp3) is 0. The third-order valence-electron chi connectivity index (χ3n) is 5.86. The third-order valence-corrected chi connectivity index (χ3v) is 6.99. The lowest BCUT2D eigenvalue weighted by Gasteiger charge is -2.14. The summed E-state index contributed by atoms with van der Waals surface area (Å²) in [5, 5.41) is 6.29. The van der Waals surface area contributed by atoms with Gasteiger partial charge in [0, 0.05) is 31.5 Å². The normalized spacial score (nSPS) is 11.1. The molecule has 1 heterocycles. The van der Waals surface area contributed by atoms with Crippen molar-refractivity contribution in [3.05, 3.63) is 121 Å². The molecule has 0 spiro atoms. The van der Waals surface area contributed by atoms with Crippen LogP contribution in [0.5, 0.6) is 0 Å². The van der Waals surface area contributed by atoms with Crippen LogP contribution in [0.4, 0.5) is 11.4 Å². The lowest BCUT2D eigenvalue weighted by Crippen LogP contribution is -1.92. The second-order valence-corrected chi connectivity index (χ2v) is 9.01. The Kier molecular flexibility index (Phi) is 4.71. The first-order chi connectivity index (χ1) is 15.8. The first-order valence-corrected chi connectivity index (χ1v) is 11.6. The molecule has 0 bridgehead atoms. The zero-order valence-corrected chi connectivity index (χ0v) is 18.3. The van der Waals surface area contributed by atoms with Gasteiger partial charge in [0.25, 0.3) is 0 Å². The molecule has 6 aromatic rings. The molecule has 0 saturated heterocycles. The van der Waals surface area contributed by atoms with Crippen LogP contribution < -0.4 is 5.32 Å². The Morgan fingerprint density at radius 3 is 1.81 bits per heavy atom. The van der Waals surface area contributed by atoms with Gasteiger partial charge < -0.3 is 5.32 Å². The average Bonchev–Trinajstić information content (AvgIpc) is 3.23. The average molecular weight is 428 g/mol. The Morgan fingerprint density at radius 1 is 0.438 bits per heavy atom. The van der Waals surface area contributed by atoms with Crippen LogP contribution in [0, 0.1) is 0 Å². The van der Waals surface area contributed by atoms with Crippen molar-refractivity contribution in [2.24, 2.45) is 0 Å². The van der Waals surface area contributed by atoms with E-state index in [-0.39, 0.29) is 0 Å². The summed E-state index contributed by atoms with van der Waals surface area (Å²) in [6.07, 6.45) is 0. The van der Waals surface area contributed by atoms with E-state index in [9.17, 15) is 0 Å². The molecule has 1 nitrogen and oxygen atoms in total. The van der Waals surface area contributed by atoms with Crippen LogP contribution >= 0.6 is 11.3 Å². The summed E-state index contributed by atoms with van der Waals surface area (Å²) < 4.78 is 2.64. The summed E-state index contributed by atoms with van der Waals surface area (Å²) >= 11 is 1.85. The summed E-state index contributed by atoms with van der Waals surface area (Å²) in [7, 11) is 0. The Morgan fingerprint density at radius 2 is 1.03 bits per heavy atom. The van der Waals surface area contributed by atoms with E-state index in [1.807, 2.05) is 11.3 Å². The molecule has 0 aliphatic carbocycles. The van der Waals surface area contributed by atoms with Crippen LogP contribution in [-0.2, 0) is 0 Å². The summed E-state index contributed by atoms with van der Waals surface area (Å²) in [6, 6.07) is 43.1. The number of fused-ring (bicyclic) bond motifs is 3. The van der Waals surface area contributed by atoms with Gasteiger partial charge in [0.1, 0.15) is 0 Å². The van der Waals surface area contributed by atoms with Crippen molar-refractivity contribution in [1.82, 2.24) is 0 Å². The molecule has 5 aromatic carbocycles. The Balaban J connectivity index is 1.42. The fourth-order valence-corrected chi connectivity index (χ4v) is 5.46. The number of nitrogens with one attached hydrogen (secondary N) is 1. The molecule has 1 aromatic heterocycles. The predicted molar refractivity (Wildman–Crippen MR) is 140 cm³/mol. The maximum Gasteiger partial charge on any atom is 0.0398 e. The van der Waals surface area contributed by atoms with Gasteiger partial charge >= 0.3 is 0 Å². The highest BCUT2D eigenvalue weighted by Gasteiger charge is 2.10. The molecule has 0 fully saturated rings. The zero-order chi connectivity index (χ0) is 21.3. The number of anilines is 2. The summed E-state index contributed by atoms with van der Waals surface area (Å²) in [6.45, 7) is 0. The molecule has 0 saturated carbocycles. The lowest BCUT2D eigenvalue weighted by molar-refractivity contribution is 1.54. The number of benzene rings is 5. The molecule has 0 aliphatic heterocycles. The Bertz CT molecular complexity index is 1530. The molecule has 1 N–H and O–H groups in total. The van der Waals surface area contributed by atoms with E-state index >= 15 is 0 Å². The number of hydrogen-bond acceptors (Lipinski definition) is 2. The van der Waals surface area contributed by atoms with Crippen molar-refractivity contribution < 1.29 is 0 Å². The van der Waals surface area contributed by atoms with Crippen LogP contribution in [0.15, 0.2) is 121 Å². The highest BCUT2D eigenvalue weighted by molar-refractivity contribution is 7.25. The summed E-state index contributed by atoms with van der Waals surface area (Å²) in [5.41, 5.74) is 7.10. The first kappa shape index (κ1) is 18.9. The maximum absolute atomic E-state index is 3.64. The second kappa shape index (κ2) is 7.99. The van der Waals surface area contributed by atoms with E-state index in [4.69, 9.17) is 0 Å². The number of rotatable bonds is 4. The minimum Gasteiger partial charge on any atom is -0.355 e. The van der Waals surface area contributed by atoms with E-state index in [0.29, 0.717) is 0 Å². The molecule has 0 radical (unpaired) electrons. The van der Waals surface area contributed by atoms with E-state index in [1.165, 1.54) is 42.4 Å². The van der Waals surface area contributed by atoms with E-state index in [0.717, 1.165) is 11.4 Å². The monoisotopic (exact) mass is 427 g/mol. The molecule has 0 amide bonds. The molecule has 6 rings (SSSR count). The summed E-state index contributed by atoms with van der Waals surface area (Å²) in [4.78, 5) is 0. The molecule has 0 unspecified atom stereocenters. The van der Waals surface area contributed by atoms with Crippen molar-refractivity contribution in [3.63, 3.8) is 0 Å². The van der Waals surface area contributed by atoms with Crippen molar-refractivity contribution in [3.8, 4) is 22.3 Å². The SMILES string of the molecule is c1ccc(-c2ccc(Nc3ccc4c(c3)sc3ccccc34)cc2-c2ccccc2)cc1. The van der Waals surface area contributed by atoms with E-state index < -0.39 is 0 Å². The standard InChI is InChI=1S/C30H21NS/c1-3-9-21(10-4-1)25-17-15-23(19-28(25)22-11-5-2-6-12-22)31-24-16-18-27-26-13-7-8-14-29(26)32-30(27)20-24/h1-20,31H. The van der Waals surface area contributed by atoms with Gasteiger partial charge in [0.2, 0.25) is 0 Å². The van der Waals surface area contributed by atoms with Crippen LogP contribution in [0.2, 0.25) is 0 Å². The number of thiophene rings is 1. The predicted octanol–water partition coefficient (Wildman–Crippen LogP) is 9.13. The quantitative estimate of drug-likeness (QED) is 0.296. The molecule has 0 aliphatic rings. The van der Waals surface area contributed by atoms with E-state index in [2.05, 4.69) is 127 Å². The molecular weight excluding hydrogens is 406 g/mol. The smallest absolute Gasteiger partial charge is 0.0398 e.